The lowest BCUT2D eigenvalue weighted by Crippen LogP contribution is -2.46. The van der Waals surface area contributed by atoms with Gasteiger partial charge in [0.15, 0.2) is 0 Å². The zero-order chi connectivity index (χ0) is 102. The number of benzene rings is 9. The van der Waals surface area contributed by atoms with Crippen LogP contribution in [-0.4, -0.2) is 240 Å². The van der Waals surface area contributed by atoms with Crippen LogP contribution in [0.5, 0.6) is 40.2 Å². The van der Waals surface area contributed by atoms with Crippen LogP contribution in [-0.2, 0) is 20.2 Å². The van der Waals surface area contributed by atoms with E-state index in [0.29, 0.717) is 24.4 Å². The Labute approximate surface area is 878 Å². The van der Waals surface area contributed by atoms with Crippen LogP contribution in [0, 0.1) is 19.8 Å². The zero-order valence-electron chi connectivity index (χ0n) is 87.1. The van der Waals surface area contributed by atoms with Gasteiger partial charge in [-0.1, -0.05) is 74.4 Å². The molecular weight excluding hydrogens is 1900 g/mol. The van der Waals surface area contributed by atoms with Gasteiger partial charge in [0.25, 0.3) is 20.2 Å². The topological polar surface area (TPSA) is 378 Å². The van der Waals surface area contributed by atoms with Crippen molar-refractivity contribution in [2.45, 2.75) is 272 Å². The molecule has 11 fully saturated rings. The van der Waals surface area contributed by atoms with Gasteiger partial charge in [0.1, 0.15) is 64.7 Å². The number of hydrogen-bond acceptors (Lipinski definition) is 25. The Hall–Kier alpha value is -9.99. The number of aryl methyl sites for hydroxylation is 2. The average molecular weight is 2070 g/mol. The summed E-state index contributed by atoms with van der Waals surface area (Å²) in [6, 6.07) is 69.2. The number of piperidine rings is 6. The lowest BCUT2D eigenvalue weighted by Gasteiger charge is -2.41. The maximum Gasteiger partial charge on any atom is 0.294 e. The molecular formula is C116H171ClN14O13S2. The number of nitrogens with zero attached hydrogens (tertiary/aromatic N) is 7. The average Bonchev–Trinajstić information content (AvgIpc) is 1.66. The number of ether oxygens (including phenoxy) is 7. The van der Waals surface area contributed by atoms with Gasteiger partial charge in [0.05, 0.1) is 29.6 Å². The van der Waals surface area contributed by atoms with Gasteiger partial charge in [0, 0.05) is 143 Å². The van der Waals surface area contributed by atoms with E-state index in [1.165, 1.54) is 238 Å². The van der Waals surface area contributed by atoms with Crippen molar-refractivity contribution >= 4 is 72.5 Å². The summed E-state index contributed by atoms with van der Waals surface area (Å²) in [4.78, 5) is 18.0. The van der Waals surface area contributed by atoms with Crippen molar-refractivity contribution in [3.05, 3.63) is 230 Å². The van der Waals surface area contributed by atoms with Crippen molar-refractivity contribution in [2.24, 2.45) is 5.92 Å². The fourth-order valence-corrected chi connectivity index (χ4v) is 20.8. The van der Waals surface area contributed by atoms with Crippen molar-refractivity contribution in [3.8, 4) is 40.2 Å². The van der Waals surface area contributed by atoms with E-state index in [4.69, 9.17) is 82.4 Å². The molecule has 27 nitrogen and oxygen atoms in total. The number of anilines is 7. The van der Waals surface area contributed by atoms with Gasteiger partial charge in [-0.3, -0.25) is 9.11 Å². The first-order valence-electron chi connectivity index (χ1n) is 53.9. The Morgan fingerprint density at radius 3 is 0.719 bits per heavy atom. The summed E-state index contributed by atoms with van der Waals surface area (Å²) in [7, 11) is -8.04. The summed E-state index contributed by atoms with van der Waals surface area (Å²) in [5, 5.41) is 0. The number of hydrogen-bond donors (Lipinski definition) is 9. The van der Waals surface area contributed by atoms with Crippen LogP contribution in [0.1, 0.15) is 211 Å². The van der Waals surface area contributed by atoms with Crippen molar-refractivity contribution in [2.75, 3.05) is 171 Å². The fourth-order valence-electron chi connectivity index (χ4n) is 19.8. The Balaban J connectivity index is 0.000000157. The van der Waals surface area contributed by atoms with Crippen molar-refractivity contribution < 1.29 is 59.1 Å². The third-order valence-corrected chi connectivity index (χ3v) is 30.8. The van der Waals surface area contributed by atoms with Gasteiger partial charge in [-0.05, 0) is 407 Å². The summed E-state index contributed by atoms with van der Waals surface area (Å²) in [6.07, 6.45) is 40.6. The van der Waals surface area contributed by atoms with Gasteiger partial charge in [0.2, 0.25) is 0 Å². The lowest BCUT2D eigenvalue weighted by molar-refractivity contribution is 0.0492. The molecule has 16 N–H and O–H groups in total. The zero-order valence-corrected chi connectivity index (χ0v) is 89.6. The molecule has 4 aliphatic carbocycles. The van der Waals surface area contributed by atoms with Crippen LogP contribution >= 0.6 is 12.4 Å². The highest BCUT2D eigenvalue weighted by Gasteiger charge is 2.35. The molecule has 0 amide bonds. The Morgan fingerprint density at radius 1 is 0.260 bits per heavy atom. The molecule has 9 aromatic rings. The molecule has 802 valence electrons. The molecule has 0 aromatic heterocycles. The molecule has 9 aromatic carbocycles. The molecule has 20 rings (SSSR count). The normalized spacial score (nSPS) is 19.3. The summed E-state index contributed by atoms with van der Waals surface area (Å²) in [6.45, 7) is 29.0. The number of likely N-dealkylation sites (tertiary alicyclic amines) is 7. The third kappa shape index (κ3) is 44.0. The largest absolute Gasteiger partial charge is 0.494 e. The first-order chi connectivity index (χ1) is 70.2. The summed E-state index contributed by atoms with van der Waals surface area (Å²) < 4.78 is 100. The maximum atomic E-state index is 10.5. The predicted octanol–water partition coefficient (Wildman–Crippen LogP) is 21.0. The van der Waals surface area contributed by atoms with Crippen LogP contribution in [0.15, 0.2) is 228 Å². The molecule has 0 unspecified atom stereocenters. The van der Waals surface area contributed by atoms with E-state index in [1.54, 1.807) is 24.3 Å². The van der Waals surface area contributed by atoms with Crippen molar-refractivity contribution in [1.82, 2.24) is 34.3 Å². The first-order valence-corrected chi connectivity index (χ1v) is 56.8. The monoisotopic (exact) mass is 2070 g/mol. The predicted molar refractivity (Wildman–Crippen MR) is 598 cm³/mol. The minimum Gasteiger partial charge on any atom is -0.494 e. The molecule has 11 aliphatic rings. The van der Waals surface area contributed by atoms with Gasteiger partial charge >= 0.3 is 0 Å². The molecule has 7 aliphatic heterocycles. The van der Waals surface area contributed by atoms with Gasteiger partial charge in [-0.15, -0.1) is 12.4 Å². The van der Waals surface area contributed by atoms with Gasteiger partial charge < -0.3 is 108 Å². The van der Waals surface area contributed by atoms with Crippen LogP contribution in [0.4, 0.5) is 39.8 Å². The maximum absolute atomic E-state index is 10.5. The van der Waals surface area contributed by atoms with Crippen LogP contribution < -0.4 is 73.3 Å². The van der Waals surface area contributed by atoms with Crippen LogP contribution in [0.2, 0.25) is 0 Å². The highest BCUT2D eigenvalue weighted by atomic mass is 35.5. The summed E-state index contributed by atoms with van der Waals surface area (Å²) in [5.74, 6) is 7.40. The van der Waals surface area contributed by atoms with Crippen molar-refractivity contribution in [1.29, 1.82) is 0 Å². The molecule has 0 bridgehead atoms. The van der Waals surface area contributed by atoms with E-state index in [9.17, 15) is 16.8 Å². The Morgan fingerprint density at radius 2 is 0.486 bits per heavy atom. The number of nitrogen functional groups attached to an aromatic ring is 7. The highest BCUT2D eigenvalue weighted by molar-refractivity contribution is 7.86. The molecule has 7 heterocycles. The highest BCUT2D eigenvalue weighted by Crippen LogP contribution is 2.35. The smallest absolute Gasteiger partial charge is 0.294 e. The molecule has 0 spiro atoms. The minimum atomic E-state index is -4.02. The Kier molecular flexibility index (Phi) is 49.8. The third-order valence-electron chi connectivity index (χ3n) is 29.1. The van der Waals surface area contributed by atoms with E-state index in [-0.39, 0.29) is 22.2 Å². The van der Waals surface area contributed by atoms with Crippen LogP contribution in [0.25, 0.3) is 0 Å². The molecule has 4 saturated carbocycles. The standard InChI is InChI=1S/C16H24N2O.2C15H22N2O.C15H24N2O.C14H20N2O.C14H22N2O.C13H20N2O.2C7H8O3S.ClH/c17-13-5-7-15(8-6-13)19-16-9-11-18(12-10-16)14-3-1-2-4-14;2*16-12-4-6-14(7-5-12)18-15-8-10-17(11-9-15)13-2-1-3-13;1-13-4-2-9-17(12-13)10-3-11-18-15-7-5-14(16)6-8-15;15-11-1-5-13(6-2-11)17-14-7-9-16(10-8-14)12-3-4-12;15-13-5-7-14(8-6-13)17-12-4-11-16-9-2-1-3-10-16;14-12-4-6-13(7-5-12)16-11-3-10-15-8-1-2-9-15;2*1-6-2-4-7(5-3-6)11(8,9)10;/h5-8,14,16H,1-4,9-12,17H2;2*4-7,13,15H,1-3,8-11,16H2;5-8,13H,2-4,9-12,16H2,1H3;1-2,5-6,12,14H,3-4,7-10,15H2;5-8H,1-4,9-12,15H2;4-7H,1-3,8-11,14H2;2*2-5H,1H3,(H,8,9,10);1H/t;;;13-;;;;;;/m...0....../s1. The second-order valence-electron chi connectivity index (χ2n) is 40.9. The van der Waals surface area contributed by atoms with E-state index in [2.05, 4.69) is 41.2 Å². The molecule has 146 heavy (non-hydrogen) atoms. The van der Waals surface area contributed by atoms with E-state index in [0.717, 1.165) is 231 Å². The minimum absolute atomic E-state index is 0. The molecule has 0 radical (unpaired) electrons. The lowest BCUT2D eigenvalue weighted by atomic mass is 9.90. The van der Waals surface area contributed by atoms with Gasteiger partial charge in [-0.25, -0.2) is 0 Å². The summed E-state index contributed by atoms with van der Waals surface area (Å²) >= 11 is 0. The van der Waals surface area contributed by atoms with Crippen molar-refractivity contribution in [3.63, 3.8) is 0 Å². The molecule has 7 saturated heterocycles. The fraction of sp³-hybridized carbons (Fsp3) is 0.534. The van der Waals surface area contributed by atoms with E-state index < -0.39 is 20.2 Å². The van der Waals surface area contributed by atoms with Crippen LogP contribution in [0.3, 0.4) is 0 Å². The quantitative estimate of drug-likeness (QED) is 0.0119. The van der Waals surface area contributed by atoms with E-state index in [1.807, 2.05) is 184 Å². The van der Waals surface area contributed by atoms with Gasteiger partial charge in [-0.2, -0.15) is 16.8 Å². The molecule has 30 heteroatoms. The summed E-state index contributed by atoms with van der Waals surface area (Å²) in [5.41, 5.74) is 47.0. The SMILES string of the molecule is C[C@H]1CCCN(CCCOc2ccc(N)cc2)C1.Cc1ccc(S(=O)(=O)O)cc1.Cc1ccc(S(=O)(=O)O)cc1.Cl.Nc1ccc(OC2CCN(C3CC3)CC2)cc1.Nc1ccc(OC2CCN(C3CCC3)CC2)cc1.Nc1ccc(OC2CCN(C3CCC3)CC2)cc1.Nc1ccc(OC2CCN(C3CCCC3)CC2)cc1.Nc1ccc(OCCCN2CCCC2)cc1.Nc1ccc(OCCCN2CCCCC2)cc1. The first kappa shape index (κ1) is 116. The number of nitrogens with two attached hydrogens (primary N) is 7. The second kappa shape index (κ2) is 62.5. The number of rotatable bonds is 29. The molecule has 1 atom stereocenters. The van der Waals surface area contributed by atoms with E-state index >= 15 is 0 Å². The number of halogens is 1. The second-order valence-corrected chi connectivity index (χ2v) is 43.8. The Bertz CT molecular complexity index is 5120.